The zero-order chi connectivity index (χ0) is 14.1. The summed E-state index contributed by atoms with van der Waals surface area (Å²) in [4.78, 5) is 7.24. The van der Waals surface area contributed by atoms with Gasteiger partial charge in [-0.25, -0.2) is 4.98 Å². The molecule has 1 aliphatic carbocycles. The summed E-state index contributed by atoms with van der Waals surface area (Å²) < 4.78 is 0. The highest BCUT2D eigenvalue weighted by atomic mass is 14.8. The first-order chi connectivity index (χ1) is 10.4. The SMILES string of the molecule is C(=C1CCc2ccc(-c3ccccc3)cc21)c1cnc[nH]1. The molecule has 0 radical (unpaired) electrons. The minimum absolute atomic E-state index is 1.07. The number of aryl methyl sites for hydroxylation is 1. The lowest BCUT2D eigenvalue weighted by atomic mass is 9.99. The maximum atomic E-state index is 4.09. The number of rotatable bonds is 2. The van der Waals surface area contributed by atoms with Gasteiger partial charge in [0.25, 0.3) is 0 Å². The Morgan fingerprint density at radius 3 is 2.67 bits per heavy atom. The first-order valence-electron chi connectivity index (χ1n) is 7.28. The van der Waals surface area contributed by atoms with Crippen LogP contribution in [0.5, 0.6) is 0 Å². The van der Waals surface area contributed by atoms with Crippen molar-refractivity contribution in [1.82, 2.24) is 9.97 Å². The van der Waals surface area contributed by atoms with Gasteiger partial charge in [0, 0.05) is 0 Å². The topological polar surface area (TPSA) is 28.7 Å². The normalized spacial score (nSPS) is 15.3. The van der Waals surface area contributed by atoms with Crippen LogP contribution in [-0.2, 0) is 6.42 Å². The van der Waals surface area contributed by atoms with Crippen molar-refractivity contribution in [3.63, 3.8) is 0 Å². The number of H-pyrrole nitrogens is 1. The van der Waals surface area contributed by atoms with Crippen LogP contribution in [0.25, 0.3) is 22.8 Å². The second kappa shape index (κ2) is 5.06. The molecule has 1 aromatic heterocycles. The summed E-state index contributed by atoms with van der Waals surface area (Å²) in [5, 5.41) is 0. The number of hydrogen-bond donors (Lipinski definition) is 1. The zero-order valence-corrected chi connectivity index (χ0v) is 11.7. The molecular weight excluding hydrogens is 256 g/mol. The van der Waals surface area contributed by atoms with E-state index in [-0.39, 0.29) is 0 Å². The fraction of sp³-hybridized carbons (Fsp3) is 0.105. The van der Waals surface area contributed by atoms with Crippen molar-refractivity contribution in [3.05, 3.63) is 77.9 Å². The van der Waals surface area contributed by atoms with E-state index in [0.29, 0.717) is 0 Å². The van der Waals surface area contributed by atoms with Crippen LogP contribution in [0.4, 0.5) is 0 Å². The van der Waals surface area contributed by atoms with Crippen LogP contribution in [0.15, 0.2) is 61.1 Å². The minimum atomic E-state index is 1.07. The van der Waals surface area contributed by atoms with E-state index in [4.69, 9.17) is 0 Å². The molecule has 0 atom stereocenters. The zero-order valence-electron chi connectivity index (χ0n) is 11.7. The molecule has 1 N–H and O–H groups in total. The van der Waals surface area contributed by atoms with Gasteiger partial charge in [-0.2, -0.15) is 0 Å². The number of imidazole rings is 1. The first-order valence-corrected chi connectivity index (χ1v) is 7.28. The standard InChI is InChI=1S/C19H16N2/c1-2-4-14(5-3-1)16-8-6-15-7-9-17(19(15)11-16)10-18-12-20-13-21-18/h1-6,8,10-13H,7,9H2,(H,20,21). The quantitative estimate of drug-likeness (QED) is 0.727. The monoisotopic (exact) mass is 272 g/mol. The van der Waals surface area contributed by atoms with Crippen molar-refractivity contribution >= 4 is 11.6 Å². The van der Waals surface area contributed by atoms with Crippen molar-refractivity contribution in [1.29, 1.82) is 0 Å². The molecule has 0 saturated carbocycles. The third kappa shape index (κ3) is 2.29. The van der Waals surface area contributed by atoms with E-state index in [1.54, 1.807) is 6.33 Å². The van der Waals surface area contributed by atoms with Crippen molar-refractivity contribution in [2.75, 3.05) is 0 Å². The molecule has 0 aliphatic heterocycles. The fourth-order valence-electron chi connectivity index (χ4n) is 2.99. The third-order valence-electron chi connectivity index (χ3n) is 4.08. The Hall–Kier alpha value is -2.61. The van der Waals surface area contributed by atoms with Crippen LogP contribution in [-0.4, -0.2) is 9.97 Å². The number of nitrogens with zero attached hydrogens (tertiary/aromatic N) is 1. The van der Waals surface area contributed by atoms with Gasteiger partial charge in [0.15, 0.2) is 0 Å². The molecule has 0 fully saturated rings. The van der Waals surface area contributed by atoms with Crippen molar-refractivity contribution in [2.45, 2.75) is 12.8 Å². The summed E-state index contributed by atoms with van der Waals surface area (Å²) in [6.07, 6.45) is 8.04. The van der Waals surface area contributed by atoms with Crippen LogP contribution < -0.4 is 0 Å². The van der Waals surface area contributed by atoms with Gasteiger partial charge in [0.05, 0.1) is 18.2 Å². The third-order valence-corrected chi connectivity index (χ3v) is 4.08. The molecule has 0 amide bonds. The molecule has 2 aromatic carbocycles. The highest BCUT2D eigenvalue weighted by molar-refractivity contribution is 5.86. The Kier molecular flexibility index (Phi) is 2.93. The lowest BCUT2D eigenvalue weighted by Crippen LogP contribution is -1.84. The molecule has 4 rings (SSSR count). The molecule has 102 valence electrons. The first kappa shape index (κ1) is 12.2. The average molecular weight is 272 g/mol. The molecule has 2 nitrogen and oxygen atoms in total. The van der Waals surface area contributed by atoms with Gasteiger partial charge in [0.1, 0.15) is 0 Å². The van der Waals surface area contributed by atoms with Gasteiger partial charge in [-0.1, -0.05) is 42.5 Å². The van der Waals surface area contributed by atoms with Gasteiger partial charge < -0.3 is 4.98 Å². The van der Waals surface area contributed by atoms with Gasteiger partial charge in [0.2, 0.25) is 0 Å². The Morgan fingerprint density at radius 1 is 0.952 bits per heavy atom. The number of aromatic amines is 1. The highest BCUT2D eigenvalue weighted by Crippen LogP contribution is 2.36. The summed E-state index contributed by atoms with van der Waals surface area (Å²) in [5.41, 5.74) is 7.85. The van der Waals surface area contributed by atoms with E-state index in [9.17, 15) is 0 Å². The van der Waals surface area contributed by atoms with Crippen LogP contribution in [0.1, 0.15) is 23.2 Å². The molecule has 1 aliphatic rings. The van der Waals surface area contributed by atoms with Crippen LogP contribution in [0, 0.1) is 0 Å². The lowest BCUT2D eigenvalue weighted by molar-refractivity contribution is 1.08. The Bertz CT molecular complexity index is 784. The molecule has 0 spiro atoms. The Balaban J connectivity index is 1.78. The molecule has 0 bridgehead atoms. The number of benzene rings is 2. The molecule has 3 aromatic rings. The fourth-order valence-corrected chi connectivity index (χ4v) is 2.99. The second-order valence-electron chi connectivity index (χ2n) is 5.41. The van der Waals surface area contributed by atoms with Gasteiger partial charge in [-0.05, 0) is 52.8 Å². The van der Waals surface area contributed by atoms with E-state index in [0.717, 1.165) is 18.5 Å². The maximum absolute atomic E-state index is 4.09. The van der Waals surface area contributed by atoms with Gasteiger partial charge in [-0.3, -0.25) is 0 Å². The lowest BCUT2D eigenvalue weighted by Gasteiger charge is -2.06. The average Bonchev–Trinajstić information content (AvgIpc) is 3.19. The number of hydrogen-bond acceptors (Lipinski definition) is 1. The van der Waals surface area contributed by atoms with Crippen molar-refractivity contribution < 1.29 is 0 Å². The van der Waals surface area contributed by atoms with Crippen LogP contribution >= 0.6 is 0 Å². The highest BCUT2D eigenvalue weighted by Gasteiger charge is 2.17. The van der Waals surface area contributed by atoms with Crippen molar-refractivity contribution in [3.8, 4) is 11.1 Å². The van der Waals surface area contributed by atoms with E-state index in [1.165, 1.54) is 27.8 Å². The summed E-state index contributed by atoms with van der Waals surface area (Å²) in [5.74, 6) is 0. The van der Waals surface area contributed by atoms with Crippen molar-refractivity contribution in [2.24, 2.45) is 0 Å². The molecule has 1 heterocycles. The number of nitrogens with one attached hydrogen (secondary N) is 1. The predicted octanol–water partition coefficient (Wildman–Crippen LogP) is 4.56. The summed E-state index contributed by atoms with van der Waals surface area (Å²) in [6.45, 7) is 0. The predicted molar refractivity (Wildman–Crippen MR) is 86.7 cm³/mol. The van der Waals surface area contributed by atoms with E-state index in [1.807, 2.05) is 6.20 Å². The maximum Gasteiger partial charge on any atom is 0.0924 e. The number of fused-ring (bicyclic) bond motifs is 1. The van der Waals surface area contributed by atoms with Gasteiger partial charge in [-0.15, -0.1) is 0 Å². The molecule has 2 heteroatoms. The smallest absolute Gasteiger partial charge is 0.0924 e. The van der Waals surface area contributed by atoms with E-state index < -0.39 is 0 Å². The largest absolute Gasteiger partial charge is 0.345 e. The second-order valence-corrected chi connectivity index (χ2v) is 5.41. The number of aromatic nitrogens is 2. The minimum Gasteiger partial charge on any atom is -0.345 e. The van der Waals surface area contributed by atoms with E-state index >= 15 is 0 Å². The van der Waals surface area contributed by atoms with Crippen LogP contribution in [0.2, 0.25) is 0 Å². The van der Waals surface area contributed by atoms with Gasteiger partial charge >= 0.3 is 0 Å². The Morgan fingerprint density at radius 2 is 1.86 bits per heavy atom. The summed E-state index contributed by atoms with van der Waals surface area (Å²) >= 11 is 0. The summed E-state index contributed by atoms with van der Waals surface area (Å²) in [6, 6.07) is 17.4. The van der Waals surface area contributed by atoms with Crippen LogP contribution in [0.3, 0.4) is 0 Å². The molecule has 21 heavy (non-hydrogen) atoms. The molecule has 0 saturated heterocycles. The Labute approximate surface area is 124 Å². The molecular formula is C19H16N2. The summed E-state index contributed by atoms with van der Waals surface area (Å²) in [7, 11) is 0. The molecule has 0 unspecified atom stereocenters. The van der Waals surface area contributed by atoms with E-state index in [2.05, 4.69) is 64.6 Å². The number of allylic oxidation sites excluding steroid dienone is 1.